The molecule has 1 aliphatic carbocycles. The highest BCUT2D eigenvalue weighted by Crippen LogP contribution is 2.26. The van der Waals surface area contributed by atoms with Crippen LogP contribution in [-0.2, 0) is 6.61 Å². The lowest BCUT2D eigenvalue weighted by molar-refractivity contribution is 0.126. The predicted molar refractivity (Wildman–Crippen MR) is 119 cm³/mol. The van der Waals surface area contributed by atoms with E-state index in [1.165, 1.54) is 0 Å². The number of aromatic nitrogens is 4. The van der Waals surface area contributed by atoms with Gasteiger partial charge in [-0.25, -0.2) is 15.0 Å². The van der Waals surface area contributed by atoms with Crippen LogP contribution in [0.4, 0.5) is 5.95 Å². The smallest absolute Gasteiger partial charge is 0.223 e. The number of aliphatic hydroxyl groups excluding tert-OH is 1. The first-order valence-electron chi connectivity index (χ1n) is 10.7. The second kappa shape index (κ2) is 8.73. The summed E-state index contributed by atoms with van der Waals surface area (Å²) in [7, 11) is 0. The number of nitrogens with zero attached hydrogens (tertiary/aromatic N) is 4. The quantitative estimate of drug-likeness (QED) is 0.494. The Bertz CT molecular complexity index is 1150. The Kier molecular flexibility index (Phi) is 5.50. The van der Waals surface area contributed by atoms with Crippen LogP contribution in [0.1, 0.15) is 31.2 Å². The molecule has 1 aromatic carbocycles. The van der Waals surface area contributed by atoms with Gasteiger partial charge in [0.2, 0.25) is 5.95 Å². The largest absolute Gasteiger partial charge is 0.485 e. The molecule has 0 unspecified atom stereocenters. The van der Waals surface area contributed by atoms with Crippen molar-refractivity contribution in [2.75, 3.05) is 5.32 Å². The minimum absolute atomic E-state index is 0.179. The van der Waals surface area contributed by atoms with Gasteiger partial charge in [0, 0.05) is 18.4 Å². The van der Waals surface area contributed by atoms with E-state index in [4.69, 9.17) is 9.72 Å². The van der Waals surface area contributed by atoms with Crippen molar-refractivity contribution in [3.63, 3.8) is 0 Å². The van der Waals surface area contributed by atoms with Crippen molar-refractivity contribution in [1.29, 1.82) is 0 Å². The molecule has 4 aromatic rings. The second-order valence-electron chi connectivity index (χ2n) is 7.90. The van der Waals surface area contributed by atoms with Crippen LogP contribution in [0, 0.1) is 0 Å². The maximum absolute atomic E-state index is 9.71. The van der Waals surface area contributed by atoms with Gasteiger partial charge in [0.15, 0.2) is 11.4 Å². The van der Waals surface area contributed by atoms with Crippen LogP contribution in [0.25, 0.3) is 17.0 Å². The zero-order valence-corrected chi connectivity index (χ0v) is 17.2. The van der Waals surface area contributed by atoms with Crippen molar-refractivity contribution in [3.8, 4) is 17.1 Å². The van der Waals surface area contributed by atoms with Gasteiger partial charge in [-0.3, -0.25) is 4.40 Å². The third-order valence-corrected chi connectivity index (χ3v) is 5.69. The van der Waals surface area contributed by atoms with Gasteiger partial charge >= 0.3 is 0 Å². The van der Waals surface area contributed by atoms with E-state index in [1.54, 1.807) is 6.20 Å². The van der Waals surface area contributed by atoms with E-state index in [-0.39, 0.29) is 6.10 Å². The lowest BCUT2D eigenvalue weighted by Gasteiger charge is -2.26. The molecule has 2 N–H and O–H groups in total. The van der Waals surface area contributed by atoms with Gasteiger partial charge in [-0.15, -0.1) is 0 Å². The van der Waals surface area contributed by atoms with Gasteiger partial charge < -0.3 is 15.2 Å². The van der Waals surface area contributed by atoms with E-state index < -0.39 is 0 Å². The van der Waals surface area contributed by atoms with E-state index in [0.29, 0.717) is 18.6 Å². The number of anilines is 1. The summed E-state index contributed by atoms with van der Waals surface area (Å²) >= 11 is 0. The number of pyridine rings is 1. The average molecular weight is 415 g/mol. The second-order valence-corrected chi connectivity index (χ2v) is 7.90. The van der Waals surface area contributed by atoms with Crippen LogP contribution in [0.5, 0.6) is 5.75 Å². The number of hydrogen-bond acceptors (Lipinski definition) is 6. The van der Waals surface area contributed by atoms with E-state index in [1.807, 2.05) is 65.3 Å². The molecule has 0 atom stereocenters. The van der Waals surface area contributed by atoms with Crippen molar-refractivity contribution in [2.45, 2.75) is 44.4 Å². The fourth-order valence-electron chi connectivity index (χ4n) is 4.00. The first-order chi connectivity index (χ1) is 15.3. The summed E-state index contributed by atoms with van der Waals surface area (Å²) in [6.07, 6.45) is 8.84. The van der Waals surface area contributed by atoms with Crippen molar-refractivity contribution in [2.24, 2.45) is 0 Å². The summed E-state index contributed by atoms with van der Waals surface area (Å²) in [4.78, 5) is 13.7. The molecule has 3 heterocycles. The fraction of sp³-hybridized carbons (Fsp3) is 0.292. The minimum atomic E-state index is -0.179. The number of nitrogens with one attached hydrogen (secondary N) is 1. The molecule has 31 heavy (non-hydrogen) atoms. The highest BCUT2D eigenvalue weighted by molar-refractivity contribution is 5.65. The number of ether oxygens (including phenoxy) is 1. The molecule has 1 fully saturated rings. The third-order valence-electron chi connectivity index (χ3n) is 5.69. The monoisotopic (exact) mass is 415 g/mol. The Balaban J connectivity index is 1.37. The predicted octanol–water partition coefficient (Wildman–Crippen LogP) is 4.09. The fourth-order valence-corrected chi connectivity index (χ4v) is 4.00. The molecule has 0 spiro atoms. The summed E-state index contributed by atoms with van der Waals surface area (Å²) in [5, 5.41) is 13.1. The van der Waals surface area contributed by atoms with Crippen LogP contribution < -0.4 is 10.1 Å². The highest BCUT2D eigenvalue weighted by atomic mass is 16.5. The minimum Gasteiger partial charge on any atom is -0.485 e. The first kappa shape index (κ1) is 19.5. The summed E-state index contributed by atoms with van der Waals surface area (Å²) in [6, 6.07) is 16.1. The van der Waals surface area contributed by atoms with Gasteiger partial charge in [-0.05, 0) is 49.4 Å². The van der Waals surface area contributed by atoms with Crippen molar-refractivity contribution in [3.05, 3.63) is 72.7 Å². The number of benzene rings is 1. The molecule has 1 saturated carbocycles. The van der Waals surface area contributed by atoms with Gasteiger partial charge in [0.05, 0.1) is 23.7 Å². The Morgan fingerprint density at radius 3 is 2.68 bits per heavy atom. The summed E-state index contributed by atoms with van der Waals surface area (Å²) in [5.41, 5.74) is 3.53. The topological polar surface area (TPSA) is 84.6 Å². The molecule has 158 valence electrons. The van der Waals surface area contributed by atoms with Crippen LogP contribution in [0.3, 0.4) is 0 Å². The number of aliphatic hydroxyl groups is 1. The number of fused-ring (bicyclic) bond motifs is 1. The number of hydrogen-bond donors (Lipinski definition) is 2. The summed E-state index contributed by atoms with van der Waals surface area (Å²) in [5.74, 6) is 1.33. The normalized spacial score (nSPS) is 18.7. The SMILES string of the molecule is OC1CCC(Nc2nccc(-c3cnc4c(OCc5ccccc5)cccn34)n2)CC1. The number of imidazole rings is 1. The van der Waals surface area contributed by atoms with Crippen molar-refractivity contribution < 1.29 is 9.84 Å². The molecule has 0 radical (unpaired) electrons. The highest BCUT2D eigenvalue weighted by Gasteiger charge is 2.20. The van der Waals surface area contributed by atoms with Crippen LogP contribution >= 0.6 is 0 Å². The van der Waals surface area contributed by atoms with Crippen LogP contribution in [0.15, 0.2) is 67.1 Å². The third kappa shape index (κ3) is 4.36. The summed E-state index contributed by atoms with van der Waals surface area (Å²) < 4.78 is 8.03. The van der Waals surface area contributed by atoms with E-state index in [9.17, 15) is 5.11 Å². The molecule has 0 amide bonds. The maximum atomic E-state index is 9.71. The Morgan fingerprint density at radius 2 is 1.84 bits per heavy atom. The molecule has 0 bridgehead atoms. The standard InChI is InChI=1S/C24H25N5O2/c30-19-10-8-18(9-11-19)27-24-25-13-12-20(28-24)21-15-26-23-22(7-4-14-29(21)23)31-16-17-5-2-1-3-6-17/h1-7,12-15,18-19,30H,8-11,16H2,(H,25,27,28). The molecule has 1 aliphatic rings. The van der Waals surface area contributed by atoms with Crippen molar-refractivity contribution >= 4 is 11.6 Å². The summed E-state index contributed by atoms with van der Waals surface area (Å²) in [6.45, 7) is 0.486. The lowest BCUT2D eigenvalue weighted by atomic mass is 9.93. The molecule has 7 heteroatoms. The van der Waals surface area contributed by atoms with E-state index >= 15 is 0 Å². The van der Waals surface area contributed by atoms with Gasteiger partial charge in [-0.1, -0.05) is 30.3 Å². The molecular weight excluding hydrogens is 390 g/mol. The zero-order valence-electron chi connectivity index (χ0n) is 17.2. The van der Waals surface area contributed by atoms with Gasteiger partial charge in [-0.2, -0.15) is 0 Å². The lowest BCUT2D eigenvalue weighted by Crippen LogP contribution is -2.28. The van der Waals surface area contributed by atoms with E-state index in [0.717, 1.165) is 54.0 Å². The molecule has 3 aromatic heterocycles. The van der Waals surface area contributed by atoms with Gasteiger partial charge in [0.25, 0.3) is 0 Å². The molecule has 7 nitrogen and oxygen atoms in total. The van der Waals surface area contributed by atoms with Crippen LogP contribution in [0.2, 0.25) is 0 Å². The maximum Gasteiger partial charge on any atom is 0.223 e. The Hall–Kier alpha value is -3.45. The number of rotatable bonds is 6. The Labute approximate surface area is 180 Å². The average Bonchev–Trinajstić information content (AvgIpc) is 3.25. The molecule has 5 rings (SSSR count). The van der Waals surface area contributed by atoms with E-state index in [2.05, 4.69) is 15.3 Å². The Morgan fingerprint density at radius 1 is 1.00 bits per heavy atom. The molecule has 0 saturated heterocycles. The molecular formula is C24H25N5O2. The first-order valence-corrected chi connectivity index (χ1v) is 10.7. The van der Waals surface area contributed by atoms with Crippen LogP contribution in [-0.4, -0.2) is 36.6 Å². The van der Waals surface area contributed by atoms with Gasteiger partial charge in [0.1, 0.15) is 6.61 Å². The zero-order chi connectivity index (χ0) is 21.0. The molecule has 0 aliphatic heterocycles. The van der Waals surface area contributed by atoms with Crippen molar-refractivity contribution in [1.82, 2.24) is 19.4 Å².